The van der Waals surface area contributed by atoms with Gasteiger partial charge in [-0.05, 0) is 25.2 Å². The van der Waals surface area contributed by atoms with E-state index in [-0.39, 0.29) is 15.2 Å². The summed E-state index contributed by atoms with van der Waals surface area (Å²) in [5.41, 5.74) is 0.195. The van der Waals surface area contributed by atoms with Crippen molar-refractivity contribution in [2.45, 2.75) is 4.90 Å². The van der Waals surface area contributed by atoms with Gasteiger partial charge in [-0.25, -0.2) is 21.6 Å². The number of hydrogen-bond acceptors (Lipinski definition) is 4. The topological polar surface area (TPSA) is 92.3 Å². The van der Waals surface area contributed by atoms with Gasteiger partial charge in [-0.1, -0.05) is 22.0 Å². The molecule has 6 nitrogen and oxygen atoms in total. The molecule has 9 heteroatoms. The van der Waals surface area contributed by atoms with Gasteiger partial charge >= 0.3 is 0 Å². The van der Waals surface area contributed by atoms with Gasteiger partial charge in [-0.15, -0.1) is 0 Å². The van der Waals surface area contributed by atoms with Gasteiger partial charge < -0.3 is 0 Å². The highest BCUT2D eigenvalue weighted by Gasteiger charge is 2.13. The zero-order valence-corrected chi connectivity index (χ0v) is 12.1. The maximum Gasteiger partial charge on any atom is 0.242 e. The van der Waals surface area contributed by atoms with Crippen molar-refractivity contribution in [2.24, 2.45) is 0 Å². The first kappa shape index (κ1) is 14.4. The van der Waals surface area contributed by atoms with Crippen LogP contribution in [0.4, 0.5) is 5.69 Å². The Hall–Kier alpha value is -0.640. The first-order chi connectivity index (χ1) is 7.80. The molecule has 2 N–H and O–H groups in total. The van der Waals surface area contributed by atoms with E-state index in [1.54, 1.807) is 0 Å². The maximum absolute atomic E-state index is 11.5. The van der Waals surface area contributed by atoms with Gasteiger partial charge in [0.15, 0.2) is 0 Å². The van der Waals surface area contributed by atoms with Crippen LogP contribution in [-0.4, -0.2) is 28.5 Å². The Balaban J connectivity index is 3.11. The third-order valence-corrected chi connectivity index (χ3v) is 5.88. The highest BCUT2D eigenvalue weighted by Crippen LogP contribution is 2.16. The fourth-order valence-electron chi connectivity index (χ4n) is 1.05. The van der Waals surface area contributed by atoms with Crippen molar-refractivity contribution in [1.29, 1.82) is 0 Å². The summed E-state index contributed by atoms with van der Waals surface area (Å²) >= 11 is 2.82. The standard InChI is InChI=1S/C8H11BrN2O4S2/c1-10-17(14,15)8-4-2-3-7(5-8)11-16(12,13)6-9/h2-5,10-11H,6H2,1H3. The maximum atomic E-state index is 11.5. The second-order valence-electron chi connectivity index (χ2n) is 3.06. The zero-order chi connectivity index (χ0) is 13.1. The molecule has 0 heterocycles. The lowest BCUT2D eigenvalue weighted by atomic mass is 10.3. The average molecular weight is 343 g/mol. The molecule has 0 aliphatic carbocycles. The van der Waals surface area contributed by atoms with Gasteiger partial charge in [0.05, 0.1) is 4.90 Å². The number of anilines is 1. The fourth-order valence-corrected chi connectivity index (χ4v) is 2.71. The van der Waals surface area contributed by atoms with E-state index < -0.39 is 20.0 Å². The van der Waals surface area contributed by atoms with Gasteiger partial charge in [-0.3, -0.25) is 4.72 Å². The van der Waals surface area contributed by atoms with Crippen LogP contribution in [0.1, 0.15) is 0 Å². The summed E-state index contributed by atoms with van der Waals surface area (Å²) in [6.07, 6.45) is 0. The summed E-state index contributed by atoms with van der Waals surface area (Å²) in [5, 5.41) is 0. The lowest BCUT2D eigenvalue weighted by Crippen LogP contribution is -2.19. The first-order valence-corrected chi connectivity index (χ1v) is 8.66. The molecule has 0 atom stereocenters. The molecule has 0 saturated heterocycles. The SMILES string of the molecule is CNS(=O)(=O)c1cccc(NS(=O)(=O)CBr)c1. The van der Waals surface area contributed by atoms with Crippen molar-refractivity contribution in [3.63, 3.8) is 0 Å². The normalized spacial score (nSPS) is 12.4. The molecule has 1 aromatic carbocycles. The van der Waals surface area contributed by atoms with Crippen LogP contribution < -0.4 is 9.44 Å². The van der Waals surface area contributed by atoms with E-state index in [0.29, 0.717) is 0 Å². The summed E-state index contributed by atoms with van der Waals surface area (Å²) in [6, 6.07) is 5.54. The number of nitrogens with one attached hydrogen (secondary N) is 2. The Kier molecular flexibility index (Phi) is 4.53. The molecule has 0 saturated carbocycles. The molecule has 0 fully saturated rings. The third kappa shape index (κ3) is 3.95. The first-order valence-electron chi connectivity index (χ1n) is 4.41. The minimum absolute atomic E-state index is 0.00484. The van der Waals surface area contributed by atoms with E-state index in [9.17, 15) is 16.8 Å². The van der Waals surface area contributed by atoms with Crippen LogP contribution in [-0.2, 0) is 20.0 Å². The van der Waals surface area contributed by atoms with E-state index in [4.69, 9.17) is 0 Å². The summed E-state index contributed by atoms with van der Waals surface area (Å²) in [7, 11) is -5.79. The molecule has 0 aliphatic rings. The highest BCUT2D eigenvalue weighted by atomic mass is 79.9. The van der Waals surface area contributed by atoms with Crippen LogP contribution >= 0.6 is 15.9 Å². The van der Waals surface area contributed by atoms with Crippen LogP contribution in [0.25, 0.3) is 0 Å². The van der Waals surface area contributed by atoms with E-state index in [1.165, 1.54) is 31.3 Å². The number of benzene rings is 1. The van der Waals surface area contributed by atoms with Crippen LogP contribution in [0, 0.1) is 0 Å². The second-order valence-corrected chi connectivity index (χ2v) is 7.97. The van der Waals surface area contributed by atoms with Crippen molar-refractivity contribution < 1.29 is 16.8 Å². The van der Waals surface area contributed by atoms with Gasteiger partial charge in [0.2, 0.25) is 20.0 Å². The van der Waals surface area contributed by atoms with Gasteiger partial charge in [0, 0.05) is 5.69 Å². The van der Waals surface area contributed by atoms with E-state index in [0.717, 1.165) is 0 Å². The molecule has 0 bridgehead atoms. The second kappa shape index (κ2) is 5.34. The van der Waals surface area contributed by atoms with Crippen LogP contribution in [0.15, 0.2) is 29.2 Å². The Morgan fingerprint density at radius 1 is 1.24 bits per heavy atom. The van der Waals surface area contributed by atoms with Crippen molar-refractivity contribution in [3.8, 4) is 0 Å². The lowest BCUT2D eigenvalue weighted by Gasteiger charge is -2.07. The predicted octanol–water partition coefficient (Wildman–Crippen LogP) is 0.689. The molecular weight excluding hydrogens is 332 g/mol. The van der Waals surface area contributed by atoms with Crippen molar-refractivity contribution in [2.75, 3.05) is 16.4 Å². The molecular formula is C8H11BrN2O4S2. The molecule has 0 amide bonds. The number of hydrogen-bond donors (Lipinski definition) is 2. The fraction of sp³-hybridized carbons (Fsp3) is 0.250. The number of alkyl halides is 1. The Bertz CT molecular complexity index is 598. The van der Waals surface area contributed by atoms with E-state index >= 15 is 0 Å². The largest absolute Gasteiger partial charge is 0.283 e. The average Bonchev–Trinajstić information content (AvgIpc) is 2.29. The summed E-state index contributed by atoms with van der Waals surface area (Å²) in [4.78, 5) is -0.00484. The number of sulfonamides is 2. The quantitative estimate of drug-likeness (QED) is 0.770. The molecule has 1 aromatic rings. The molecule has 0 spiro atoms. The van der Waals surface area contributed by atoms with Crippen LogP contribution in [0.5, 0.6) is 0 Å². The van der Waals surface area contributed by atoms with E-state index in [1.807, 2.05) is 0 Å². The van der Waals surface area contributed by atoms with Gasteiger partial charge in [-0.2, -0.15) is 0 Å². The summed E-state index contributed by atoms with van der Waals surface area (Å²) in [6.45, 7) is 0. The molecule has 1 rings (SSSR count). The highest BCUT2D eigenvalue weighted by molar-refractivity contribution is 9.10. The third-order valence-electron chi connectivity index (χ3n) is 1.83. The summed E-state index contributed by atoms with van der Waals surface area (Å²) in [5.74, 6) is 0. The molecule has 0 aromatic heterocycles. The van der Waals surface area contributed by atoms with Gasteiger partial charge in [0.1, 0.15) is 4.66 Å². The monoisotopic (exact) mass is 342 g/mol. The van der Waals surface area contributed by atoms with Crippen molar-refractivity contribution in [3.05, 3.63) is 24.3 Å². The minimum atomic E-state index is -3.58. The smallest absolute Gasteiger partial charge is 0.242 e. The van der Waals surface area contributed by atoms with Crippen molar-refractivity contribution >= 4 is 41.7 Å². The molecule has 0 aliphatic heterocycles. The Morgan fingerprint density at radius 3 is 2.41 bits per heavy atom. The van der Waals surface area contributed by atoms with Crippen LogP contribution in [0.2, 0.25) is 0 Å². The number of rotatable bonds is 5. The molecule has 0 radical (unpaired) electrons. The lowest BCUT2D eigenvalue weighted by molar-refractivity contribution is 0.588. The Labute approximate surface area is 109 Å². The van der Waals surface area contributed by atoms with Crippen molar-refractivity contribution in [1.82, 2.24) is 4.72 Å². The van der Waals surface area contributed by atoms with Crippen LogP contribution in [0.3, 0.4) is 0 Å². The Morgan fingerprint density at radius 2 is 1.88 bits per heavy atom. The molecule has 17 heavy (non-hydrogen) atoms. The zero-order valence-electron chi connectivity index (χ0n) is 8.84. The summed E-state index contributed by atoms with van der Waals surface area (Å²) < 4.78 is 49.7. The van der Waals surface area contributed by atoms with Gasteiger partial charge in [0.25, 0.3) is 0 Å². The predicted molar refractivity (Wildman–Crippen MR) is 69.0 cm³/mol. The number of halogens is 1. The molecule has 0 unspecified atom stereocenters. The van der Waals surface area contributed by atoms with E-state index in [2.05, 4.69) is 25.4 Å². The molecule has 96 valence electrons. The minimum Gasteiger partial charge on any atom is -0.283 e.